The fourth-order valence-electron chi connectivity index (χ4n) is 1.35. The molecule has 0 atom stereocenters. The molecule has 0 aliphatic rings. The molecule has 16 heavy (non-hydrogen) atoms. The highest BCUT2D eigenvalue weighted by Gasteiger charge is 2.09. The molecule has 0 amide bonds. The second kappa shape index (κ2) is 6.06. The lowest BCUT2D eigenvalue weighted by atomic mass is 10.1. The molecule has 88 valence electrons. The summed E-state index contributed by atoms with van der Waals surface area (Å²) in [6, 6.07) is 3.81. The van der Waals surface area contributed by atoms with E-state index in [0.29, 0.717) is 22.9 Å². The molecule has 5 heteroatoms. The molecule has 0 bridgehead atoms. The molecule has 0 unspecified atom stereocenters. The molecule has 0 radical (unpaired) electrons. The predicted octanol–water partition coefficient (Wildman–Crippen LogP) is 2.69. The molecule has 0 aliphatic carbocycles. The number of thiocarbonyl (C=S) groups is 1. The third-order valence-electron chi connectivity index (χ3n) is 2.19. The monoisotopic (exact) mass is 303 g/mol. The van der Waals surface area contributed by atoms with Gasteiger partial charge in [-0.05, 0) is 24.1 Å². The predicted molar refractivity (Wildman–Crippen MR) is 72.4 cm³/mol. The smallest absolute Gasteiger partial charge is 0.161 e. The van der Waals surface area contributed by atoms with Crippen molar-refractivity contribution < 1.29 is 9.47 Å². The van der Waals surface area contributed by atoms with Crippen molar-refractivity contribution in [2.45, 2.75) is 12.8 Å². The zero-order chi connectivity index (χ0) is 12.1. The van der Waals surface area contributed by atoms with E-state index in [4.69, 9.17) is 27.4 Å². The van der Waals surface area contributed by atoms with Crippen LogP contribution in [0.15, 0.2) is 16.6 Å². The standard InChI is InChI=1S/C11H14BrNO2S/c1-14-9-5-7(3-4-11(13)16)8(12)6-10(9)15-2/h5-6H,3-4H2,1-2H3,(H2,13,16). The minimum absolute atomic E-state index is 0.515. The topological polar surface area (TPSA) is 44.5 Å². The maximum atomic E-state index is 5.48. The third kappa shape index (κ3) is 3.35. The first kappa shape index (κ1) is 13.3. The van der Waals surface area contributed by atoms with Gasteiger partial charge in [0.1, 0.15) is 0 Å². The van der Waals surface area contributed by atoms with Crippen LogP contribution in [0.3, 0.4) is 0 Å². The van der Waals surface area contributed by atoms with Crippen molar-refractivity contribution >= 4 is 33.1 Å². The van der Waals surface area contributed by atoms with Gasteiger partial charge in [-0.2, -0.15) is 0 Å². The summed E-state index contributed by atoms with van der Waals surface area (Å²) < 4.78 is 11.4. The Morgan fingerprint density at radius 1 is 1.31 bits per heavy atom. The Hall–Kier alpha value is -0.810. The highest BCUT2D eigenvalue weighted by molar-refractivity contribution is 9.10. The van der Waals surface area contributed by atoms with Gasteiger partial charge in [-0.1, -0.05) is 28.1 Å². The van der Waals surface area contributed by atoms with E-state index in [-0.39, 0.29) is 0 Å². The van der Waals surface area contributed by atoms with Gasteiger partial charge in [0.15, 0.2) is 11.5 Å². The third-order valence-corrected chi connectivity index (χ3v) is 3.14. The fraction of sp³-hybridized carbons (Fsp3) is 0.364. The van der Waals surface area contributed by atoms with Crippen molar-refractivity contribution in [2.24, 2.45) is 5.73 Å². The Balaban J connectivity index is 2.96. The van der Waals surface area contributed by atoms with Crippen LogP contribution >= 0.6 is 28.1 Å². The van der Waals surface area contributed by atoms with Gasteiger partial charge in [-0.25, -0.2) is 0 Å². The van der Waals surface area contributed by atoms with Crippen molar-refractivity contribution in [3.8, 4) is 11.5 Å². The second-order valence-corrected chi connectivity index (χ2v) is 4.64. The van der Waals surface area contributed by atoms with Crippen LogP contribution in [-0.2, 0) is 6.42 Å². The van der Waals surface area contributed by atoms with Crippen LogP contribution in [-0.4, -0.2) is 19.2 Å². The summed E-state index contributed by atoms with van der Waals surface area (Å²) in [6.07, 6.45) is 1.47. The molecular weight excluding hydrogens is 290 g/mol. The van der Waals surface area contributed by atoms with Gasteiger partial charge in [0.05, 0.1) is 19.2 Å². The molecule has 1 rings (SSSR count). The molecular formula is C11H14BrNO2S. The molecule has 1 aromatic carbocycles. The minimum atomic E-state index is 0.515. The first-order valence-electron chi connectivity index (χ1n) is 4.77. The van der Waals surface area contributed by atoms with E-state index >= 15 is 0 Å². The molecule has 1 aromatic rings. The molecule has 0 saturated carbocycles. The van der Waals surface area contributed by atoms with E-state index in [1.807, 2.05) is 12.1 Å². The summed E-state index contributed by atoms with van der Waals surface area (Å²) in [5, 5.41) is 0. The summed E-state index contributed by atoms with van der Waals surface area (Å²) in [7, 11) is 3.22. The largest absolute Gasteiger partial charge is 0.493 e. The number of ether oxygens (including phenoxy) is 2. The molecule has 0 spiro atoms. The Morgan fingerprint density at radius 3 is 2.38 bits per heavy atom. The maximum Gasteiger partial charge on any atom is 0.161 e. The molecule has 3 nitrogen and oxygen atoms in total. The Morgan fingerprint density at radius 2 is 1.88 bits per heavy atom. The molecule has 0 heterocycles. The summed E-state index contributed by atoms with van der Waals surface area (Å²) in [5.41, 5.74) is 6.58. The number of methoxy groups -OCH3 is 2. The average molecular weight is 304 g/mol. The molecule has 0 saturated heterocycles. The first-order valence-corrected chi connectivity index (χ1v) is 5.97. The Kier molecular flexibility index (Phi) is 5.02. The van der Waals surface area contributed by atoms with Crippen LogP contribution in [0, 0.1) is 0 Å². The van der Waals surface area contributed by atoms with Crippen molar-refractivity contribution in [1.29, 1.82) is 0 Å². The van der Waals surface area contributed by atoms with Crippen molar-refractivity contribution in [3.63, 3.8) is 0 Å². The number of rotatable bonds is 5. The lowest BCUT2D eigenvalue weighted by Gasteiger charge is -2.11. The van der Waals surface area contributed by atoms with Crippen LogP contribution in [0.5, 0.6) is 11.5 Å². The molecule has 0 aliphatic heterocycles. The number of benzene rings is 1. The van der Waals surface area contributed by atoms with E-state index in [9.17, 15) is 0 Å². The van der Waals surface area contributed by atoms with E-state index in [1.165, 1.54) is 0 Å². The van der Waals surface area contributed by atoms with E-state index in [1.54, 1.807) is 14.2 Å². The number of nitrogens with two attached hydrogens (primary N) is 1. The van der Waals surface area contributed by atoms with Gasteiger partial charge in [0.25, 0.3) is 0 Å². The van der Waals surface area contributed by atoms with Gasteiger partial charge < -0.3 is 15.2 Å². The highest BCUT2D eigenvalue weighted by Crippen LogP contribution is 2.33. The van der Waals surface area contributed by atoms with Gasteiger partial charge >= 0.3 is 0 Å². The highest BCUT2D eigenvalue weighted by atomic mass is 79.9. The SMILES string of the molecule is COc1cc(Br)c(CCC(N)=S)cc1OC. The number of hydrogen-bond donors (Lipinski definition) is 1. The Labute approximate surface area is 109 Å². The summed E-state index contributed by atoms with van der Waals surface area (Å²) >= 11 is 8.34. The zero-order valence-electron chi connectivity index (χ0n) is 9.25. The van der Waals surface area contributed by atoms with Crippen molar-refractivity contribution in [1.82, 2.24) is 0 Å². The summed E-state index contributed by atoms with van der Waals surface area (Å²) in [5.74, 6) is 1.41. The van der Waals surface area contributed by atoms with E-state index < -0.39 is 0 Å². The van der Waals surface area contributed by atoms with Gasteiger partial charge in [0.2, 0.25) is 0 Å². The van der Waals surface area contributed by atoms with Crippen LogP contribution in [0.25, 0.3) is 0 Å². The first-order chi connectivity index (χ1) is 7.58. The van der Waals surface area contributed by atoms with Gasteiger partial charge in [0, 0.05) is 10.9 Å². The van der Waals surface area contributed by atoms with Crippen LogP contribution < -0.4 is 15.2 Å². The fourth-order valence-corrected chi connectivity index (χ4v) is 1.97. The normalized spacial score (nSPS) is 9.94. The average Bonchev–Trinajstić information content (AvgIpc) is 2.26. The lowest BCUT2D eigenvalue weighted by Crippen LogP contribution is -2.08. The number of aryl methyl sites for hydroxylation is 1. The van der Waals surface area contributed by atoms with Crippen molar-refractivity contribution in [3.05, 3.63) is 22.2 Å². The molecule has 0 aromatic heterocycles. The van der Waals surface area contributed by atoms with Crippen LogP contribution in [0.1, 0.15) is 12.0 Å². The van der Waals surface area contributed by atoms with E-state index in [0.717, 1.165) is 16.5 Å². The second-order valence-electron chi connectivity index (χ2n) is 3.26. The molecule has 2 N–H and O–H groups in total. The number of hydrogen-bond acceptors (Lipinski definition) is 3. The molecule has 0 fully saturated rings. The summed E-state index contributed by atoms with van der Waals surface area (Å²) in [6.45, 7) is 0. The summed E-state index contributed by atoms with van der Waals surface area (Å²) in [4.78, 5) is 0.515. The lowest BCUT2D eigenvalue weighted by molar-refractivity contribution is 0.354. The van der Waals surface area contributed by atoms with E-state index in [2.05, 4.69) is 15.9 Å². The maximum absolute atomic E-state index is 5.48. The Bertz CT molecular complexity index is 396. The zero-order valence-corrected chi connectivity index (χ0v) is 11.7. The van der Waals surface area contributed by atoms with Gasteiger partial charge in [-0.3, -0.25) is 0 Å². The quantitative estimate of drug-likeness (QED) is 0.850. The minimum Gasteiger partial charge on any atom is -0.493 e. The van der Waals surface area contributed by atoms with Crippen LogP contribution in [0.2, 0.25) is 0 Å². The van der Waals surface area contributed by atoms with Crippen LogP contribution in [0.4, 0.5) is 0 Å². The van der Waals surface area contributed by atoms with Crippen molar-refractivity contribution in [2.75, 3.05) is 14.2 Å². The van der Waals surface area contributed by atoms with Gasteiger partial charge in [-0.15, -0.1) is 0 Å². The number of halogens is 1.